The molecule has 3 rings (SSSR count). The number of hydrogen-bond donors (Lipinski definition) is 1. The lowest BCUT2D eigenvalue weighted by Gasteiger charge is -2.34. The van der Waals surface area contributed by atoms with Crippen LogP contribution in [-0.4, -0.2) is 57.1 Å². The van der Waals surface area contributed by atoms with Crippen LogP contribution in [0.2, 0.25) is 0 Å². The van der Waals surface area contributed by atoms with E-state index in [1.54, 1.807) is 19.2 Å². The normalized spacial score (nSPS) is 15.0. The SMILES string of the molecule is CC[C@@H](C(=O)NC1CCCCC1)N(Cc1cccc(OC)c1)C(=O)CN(c1ccc(C)c(C)c1)S(C)(=O)=O. The van der Waals surface area contributed by atoms with Crippen molar-refractivity contribution in [2.75, 3.05) is 24.2 Å². The Morgan fingerprint density at radius 2 is 1.76 bits per heavy atom. The lowest BCUT2D eigenvalue weighted by Crippen LogP contribution is -2.53. The smallest absolute Gasteiger partial charge is 0.244 e. The zero-order valence-corrected chi connectivity index (χ0v) is 24.0. The van der Waals surface area contributed by atoms with Crippen molar-refractivity contribution >= 4 is 27.5 Å². The predicted octanol–water partition coefficient (Wildman–Crippen LogP) is 4.33. The second-order valence-corrected chi connectivity index (χ2v) is 12.1. The molecule has 0 radical (unpaired) electrons. The number of carbonyl (C=O) groups excluding carboxylic acids is 2. The van der Waals surface area contributed by atoms with Gasteiger partial charge in [-0.05, 0) is 74.1 Å². The molecule has 0 saturated heterocycles. The average Bonchev–Trinajstić information content (AvgIpc) is 2.88. The van der Waals surface area contributed by atoms with E-state index in [0.717, 1.165) is 52.9 Å². The summed E-state index contributed by atoms with van der Waals surface area (Å²) in [6, 6.07) is 12.0. The van der Waals surface area contributed by atoms with E-state index < -0.39 is 28.5 Å². The second kappa shape index (κ2) is 13.1. The maximum atomic E-state index is 13.9. The molecule has 0 spiro atoms. The van der Waals surface area contributed by atoms with Crippen LogP contribution in [0.1, 0.15) is 62.1 Å². The molecule has 1 fully saturated rings. The monoisotopic (exact) mass is 543 g/mol. The Balaban J connectivity index is 1.94. The fourth-order valence-corrected chi connectivity index (χ4v) is 5.77. The average molecular weight is 544 g/mol. The molecule has 8 nitrogen and oxygen atoms in total. The van der Waals surface area contributed by atoms with Crippen molar-refractivity contribution in [1.29, 1.82) is 0 Å². The minimum atomic E-state index is -3.77. The van der Waals surface area contributed by atoms with Gasteiger partial charge in [-0.3, -0.25) is 13.9 Å². The van der Waals surface area contributed by atoms with Gasteiger partial charge in [-0.1, -0.05) is 44.4 Å². The molecule has 1 aliphatic rings. The maximum absolute atomic E-state index is 13.9. The number of nitrogens with one attached hydrogen (secondary N) is 1. The van der Waals surface area contributed by atoms with E-state index in [-0.39, 0.29) is 18.5 Å². The summed E-state index contributed by atoms with van der Waals surface area (Å²) >= 11 is 0. The van der Waals surface area contributed by atoms with Crippen molar-refractivity contribution in [2.45, 2.75) is 77.9 Å². The number of nitrogens with zero attached hydrogens (tertiary/aromatic N) is 2. The number of benzene rings is 2. The first-order valence-corrected chi connectivity index (χ1v) is 15.2. The van der Waals surface area contributed by atoms with Crippen LogP contribution in [0.15, 0.2) is 42.5 Å². The number of methoxy groups -OCH3 is 1. The predicted molar refractivity (Wildman–Crippen MR) is 151 cm³/mol. The molecule has 2 amide bonds. The van der Waals surface area contributed by atoms with E-state index in [1.807, 2.05) is 51.1 Å². The lowest BCUT2D eigenvalue weighted by molar-refractivity contribution is -0.140. The fourth-order valence-electron chi connectivity index (χ4n) is 4.93. The molecular weight excluding hydrogens is 502 g/mol. The summed E-state index contributed by atoms with van der Waals surface area (Å²) in [6.45, 7) is 5.46. The molecule has 0 bridgehead atoms. The molecule has 1 atom stereocenters. The molecule has 0 aromatic heterocycles. The van der Waals surface area contributed by atoms with Gasteiger partial charge in [-0.2, -0.15) is 0 Å². The van der Waals surface area contributed by atoms with Gasteiger partial charge < -0.3 is 15.0 Å². The van der Waals surface area contributed by atoms with Crippen LogP contribution in [0.3, 0.4) is 0 Å². The number of aryl methyl sites for hydroxylation is 2. The highest BCUT2D eigenvalue weighted by Gasteiger charge is 2.33. The van der Waals surface area contributed by atoms with Crippen LogP contribution in [0, 0.1) is 13.8 Å². The van der Waals surface area contributed by atoms with Crippen LogP contribution in [0.5, 0.6) is 5.75 Å². The molecule has 2 aromatic rings. The van der Waals surface area contributed by atoms with Crippen molar-refractivity contribution in [2.24, 2.45) is 0 Å². The maximum Gasteiger partial charge on any atom is 0.244 e. The van der Waals surface area contributed by atoms with Gasteiger partial charge in [0.15, 0.2) is 0 Å². The van der Waals surface area contributed by atoms with E-state index in [0.29, 0.717) is 17.9 Å². The van der Waals surface area contributed by atoms with E-state index in [1.165, 1.54) is 11.3 Å². The van der Waals surface area contributed by atoms with Crippen LogP contribution in [-0.2, 0) is 26.2 Å². The number of hydrogen-bond acceptors (Lipinski definition) is 5. The molecule has 1 aliphatic carbocycles. The molecular formula is C29H41N3O5S. The van der Waals surface area contributed by atoms with E-state index in [4.69, 9.17) is 4.74 Å². The van der Waals surface area contributed by atoms with E-state index in [2.05, 4.69) is 5.32 Å². The van der Waals surface area contributed by atoms with Gasteiger partial charge in [0.2, 0.25) is 21.8 Å². The molecule has 1 N–H and O–H groups in total. The molecule has 9 heteroatoms. The fraction of sp³-hybridized carbons (Fsp3) is 0.517. The number of carbonyl (C=O) groups is 2. The quantitative estimate of drug-likeness (QED) is 0.455. The van der Waals surface area contributed by atoms with Gasteiger partial charge >= 0.3 is 0 Å². The Bertz CT molecular complexity index is 1220. The summed E-state index contributed by atoms with van der Waals surface area (Å²) in [5, 5.41) is 3.15. The van der Waals surface area contributed by atoms with Crippen molar-refractivity contribution in [1.82, 2.24) is 10.2 Å². The minimum Gasteiger partial charge on any atom is -0.497 e. The molecule has 0 unspecified atom stereocenters. The summed E-state index contributed by atoms with van der Waals surface area (Å²) < 4.78 is 32.1. The Labute approximate surface area is 227 Å². The van der Waals surface area contributed by atoms with Gasteiger partial charge in [-0.15, -0.1) is 0 Å². The first kappa shape index (κ1) is 29.5. The van der Waals surface area contributed by atoms with Crippen molar-refractivity contribution in [3.8, 4) is 5.75 Å². The summed E-state index contributed by atoms with van der Waals surface area (Å²) in [5.41, 5.74) is 3.16. The van der Waals surface area contributed by atoms with Gasteiger partial charge in [0.05, 0.1) is 19.1 Å². The summed E-state index contributed by atoms with van der Waals surface area (Å²) in [7, 11) is -2.20. The molecule has 1 saturated carbocycles. The number of amides is 2. The molecule has 2 aromatic carbocycles. The molecule has 38 heavy (non-hydrogen) atoms. The minimum absolute atomic E-state index is 0.0992. The van der Waals surface area contributed by atoms with E-state index >= 15 is 0 Å². The van der Waals surface area contributed by atoms with Crippen molar-refractivity contribution in [3.05, 3.63) is 59.2 Å². The number of anilines is 1. The third kappa shape index (κ3) is 7.72. The molecule has 0 aliphatic heterocycles. The van der Waals surface area contributed by atoms with Crippen LogP contribution in [0.4, 0.5) is 5.69 Å². The largest absolute Gasteiger partial charge is 0.497 e. The van der Waals surface area contributed by atoms with Crippen LogP contribution in [0.25, 0.3) is 0 Å². The first-order chi connectivity index (χ1) is 18.0. The van der Waals surface area contributed by atoms with E-state index in [9.17, 15) is 18.0 Å². The van der Waals surface area contributed by atoms with Crippen molar-refractivity contribution in [3.63, 3.8) is 0 Å². The highest BCUT2D eigenvalue weighted by molar-refractivity contribution is 7.92. The first-order valence-electron chi connectivity index (χ1n) is 13.3. The molecule has 208 valence electrons. The highest BCUT2D eigenvalue weighted by Crippen LogP contribution is 2.24. The lowest BCUT2D eigenvalue weighted by atomic mass is 9.95. The van der Waals surface area contributed by atoms with Crippen LogP contribution < -0.4 is 14.4 Å². The zero-order chi connectivity index (χ0) is 27.9. The van der Waals surface area contributed by atoms with Gasteiger partial charge in [0, 0.05) is 12.6 Å². The topological polar surface area (TPSA) is 96.0 Å². The Morgan fingerprint density at radius 3 is 2.37 bits per heavy atom. The van der Waals surface area contributed by atoms with Gasteiger partial charge in [0.25, 0.3) is 0 Å². The number of rotatable bonds is 11. The van der Waals surface area contributed by atoms with Gasteiger partial charge in [0.1, 0.15) is 18.3 Å². The standard InChI is InChI=1S/C29H41N3O5S/c1-6-27(29(34)30-24-12-8-7-9-13-24)31(19-23-11-10-14-26(18-23)37-4)28(33)20-32(38(5,35)36)25-16-15-21(2)22(3)17-25/h10-11,14-18,24,27H,6-9,12-13,19-20H2,1-5H3,(H,30,34)/t27-/m0/s1. The number of ether oxygens (including phenoxy) is 1. The Hall–Kier alpha value is -3.07. The van der Waals surface area contributed by atoms with Crippen molar-refractivity contribution < 1.29 is 22.7 Å². The third-order valence-electron chi connectivity index (χ3n) is 7.28. The summed E-state index contributed by atoms with van der Waals surface area (Å²) in [6.07, 6.45) is 6.68. The zero-order valence-electron chi connectivity index (χ0n) is 23.2. The van der Waals surface area contributed by atoms with Gasteiger partial charge in [-0.25, -0.2) is 8.42 Å². The Kier molecular flexibility index (Phi) is 10.2. The second-order valence-electron chi connectivity index (χ2n) is 10.2. The molecule has 0 heterocycles. The number of sulfonamides is 1. The Morgan fingerprint density at radius 1 is 1.05 bits per heavy atom. The third-order valence-corrected chi connectivity index (χ3v) is 8.42. The van der Waals surface area contributed by atoms with Crippen LogP contribution >= 0.6 is 0 Å². The highest BCUT2D eigenvalue weighted by atomic mass is 32.2. The summed E-state index contributed by atoms with van der Waals surface area (Å²) in [5.74, 6) is -0.00246. The summed E-state index contributed by atoms with van der Waals surface area (Å²) in [4.78, 5) is 28.9.